The Balaban J connectivity index is 2.18. The van der Waals surface area contributed by atoms with E-state index in [1.54, 1.807) is 18.9 Å². The van der Waals surface area contributed by atoms with E-state index in [4.69, 9.17) is 0 Å². The van der Waals surface area contributed by atoms with Crippen molar-refractivity contribution in [1.29, 1.82) is 0 Å². The molecule has 0 N–H and O–H groups in total. The fourth-order valence-electron chi connectivity index (χ4n) is 1.22. The van der Waals surface area contributed by atoms with Gasteiger partial charge in [-0.25, -0.2) is 14.6 Å². The van der Waals surface area contributed by atoms with Crippen LogP contribution in [0.5, 0.6) is 0 Å². The Kier molecular flexibility index (Phi) is 2.08. The van der Waals surface area contributed by atoms with E-state index in [1.807, 2.05) is 22.4 Å². The van der Waals surface area contributed by atoms with E-state index in [0.717, 1.165) is 18.9 Å². The Morgan fingerprint density at radius 3 is 3.08 bits per heavy atom. The van der Waals surface area contributed by atoms with Crippen molar-refractivity contribution in [2.24, 2.45) is 0 Å². The molecule has 0 amide bonds. The number of imidazole rings is 1. The molecule has 0 aliphatic rings. The average Bonchev–Trinajstić information content (AvgIpc) is 2.76. The van der Waals surface area contributed by atoms with Crippen LogP contribution >= 0.6 is 0 Å². The Bertz CT molecular complexity index is 362. The highest BCUT2D eigenvalue weighted by Crippen LogP contribution is 1.97. The standard InChI is InChI=1S/C8H11N5/c1-2-13-8(10-6-11-13)5-12-4-3-9-7-12/h3-4,6-7H,2,5H2,1H3. The van der Waals surface area contributed by atoms with Gasteiger partial charge in [0.25, 0.3) is 0 Å². The minimum Gasteiger partial charge on any atom is -0.330 e. The van der Waals surface area contributed by atoms with Gasteiger partial charge in [0.1, 0.15) is 12.2 Å². The van der Waals surface area contributed by atoms with Crippen molar-refractivity contribution in [3.8, 4) is 0 Å². The number of nitrogens with zero attached hydrogens (tertiary/aromatic N) is 5. The largest absolute Gasteiger partial charge is 0.330 e. The summed E-state index contributed by atoms with van der Waals surface area (Å²) in [4.78, 5) is 8.13. The molecular formula is C8H11N5. The lowest BCUT2D eigenvalue weighted by molar-refractivity contribution is 0.592. The summed E-state index contributed by atoms with van der Waals surface area (Å²) in [5.74, 6) is 0.959. The molecule has 68 valence electrons. The van der Waals surface area contributed by atoms with Gasteiger partial charge < -0.3 is 4.57 Å². The van der Waals surface area contributed by atoms with Crippen LogP contribution in [0.15, 0.2) is 25.0 Å². The number of rotatable bonds is 3. The second-order valence-electron chi connectivity index (χ2n) is 2.73. The van der Waals surface area contributed by atoms with E-state index in [0.29, 0.717) is 0 Å². The second kappa shape index (κ2) is 3.38. The quantitative estimate of drug-likeness (QED) is 0.687. The van der Waals surface area contributed by atoms with Gasteiger partial charge in [-0.2, -0.15) is 5.10 Å². The number of hydrogen-bond donors (Lipinski definition) is 0. The lowest BCUT2D eigenvalue weighted by Crippen LogP contribution is -2.07. The Morgan fingerprint density at radius 1 is 1.46 bits per heavy atom. The molecule has 0 unspecified atom stereocenters. The summed E-state index contributed by atoms with van der Waals surface area (Å²) >= 11 is 0. The molecule has 0 fully saturated rings. The van der Waals surface area contributed by atoms with Gasteiger partial charge in [0.15, 0.2) is 0 Å². The highest BCUT2D eigenvalue weighted by molar-refractivity contribution is 4.88. The zero-order valence-corrected chi connectivity index (χ0v) is 7.46. The van der Waals surface area contributed by atoms with Crippen molar-refractivity contribution in [1.82, 2.24) is 24.3 Å². The third kappa shape index (κ3) is 1.58. The molecule has 13 heavy (non-hydrogen) atoms. The SMILES string of the molecule is CCn1ncnc1Cn1ccnc1. The first kappa shape index (κ1) is 7.97. The summed E-state index contributed by atoms with van der Waals surface area (Å²) in [6.07, 6.45) is 7.02. The lowest BCUT2D eigenvalue weighted by atomic mass is 10.5. The van der Waals surface area contributed by atoms with Crippen molar-refractivity contribution >= 4 is 0 Å². The molecule has 0 bridgehead atoms. The van der Waals surface area contributed by atoms with Gasteiger partial charge in [-0.15, -0.1) is 0 Å². The van der Waals surface area contributed by atoms with Crippen LogP contribution in [0.25, 0.3) is 0 Å². The first-order valence-corrected chi connectivity index (χ1v) is 4.22. The Labute approximate surface area is 76.0 Å². The molecule has 0 aliphatic carbocycles. The van der Waals surface area contributed by atoms with Crippen molar-refractivity contribution in [2.75, 3.05) is 0 Å². The molecule has 0 saturated carbocycles. The van der Waals surface area contributed by atoms with Crippen LogP contribution < -0.4 is 0 Å². The highest BCUT2D eigenvalue weighted by Gasteiger charge is 2.01. The van der Waals surface area contributed by atoms with Crippen LogP contribution in [0.4, 0.5) is 0 Å². The maximum atomic E-state index is 4.17. The summed E-state index contributed by atoms with van der Waals surface area (Å²) in [6.45, 7) is 3.63. The first-order valence-electron chi connectivity index (χ1n) is 4.22. The fourth-order valence-corrected chi connectivity index (χ4v) is 1.22. The van der Waals surface area contributed by atoms with Gasteiger partial charge >= 0.3 is 0 Å². The van der Waals surface area contributed by atoms with Crippen LogP contribution in [0.2, 0.25) is 0 Å². The molecule has 0 spiro atoms. The minimum absolute atomic E-state index is 0.730. The Hall–Kier alpha value is -1.65. The summed E-state index contributed by atoms with van der Waals surface area (Å²) in [5, 5.41) is 4.09. The summed E-state index contributed by atoms with van der Waals surface area (Å²) in [6, 6.07) is 0. The molecule has 0 saturated heterocycles. The van der Waals surface area contributed by atoms with Crippen molar-refractivity contribution < 1.29 is 0 Å². The number of aromatic nitrogens is 5. The van der Waals surface area contributed by atoms with E-state index in [2.05, 4.69) is 15.1 Å². The third-order valence-electron chi connectivity index (χ3n) is 1.88. The van der Waals surface area contributed by atoms with Crippen LogP contribution in [-0.2, 0) is 13.1 Å². The summed E-state index contributed by atoms with van der Waals surface area (Å²) < 4.78 is 3.84. The zero-order valence-electron chi connectivity index (χ0n) is 7.46. The predicted octanol–water partition coefficient (Wildman–Crippen LogP) is 0.543. The molecule has 2 aromatic rings. The smallest absolute Gasteiger partial charge is 0.146 e. The van der Waals surface area contributed by atoms with Crippen LogP contribution in [-0.4, -0.2) is 24.3 Å². The van der Waals surface area contributed by atoms with Gasteiger partial charge in [-0.3, -0.25) is 0 Å². The van der Waals surface area contributed by atoms with Gasteiger partial charge in [0.2, 0.25) is 0 Å². The van der Waals surface area contributed by atoms with E-state index in [9.17, 15) is 0 Å². The molecule has 2 aromatic heterocycles. The van der Waals surface area contributed by atoms with Gasteiger partial charge in [-0.05, 0) is 6.92 Å². The number of hydrogen-bond acceptors (Lipinski definition) is 3. The van der Waals surface area contributed by atoms with Gasteiger partial charge in [0, 0.05) is 18.9 Å². The van der Waals surface area contributed by atoms with Gasteiger partial charge in [0.05, 0.1) is 12.9 Å². The average molecular weight is 177 g/mol. The molecule has 5 heteroatoms. The molecule has 0 atom stereocenters. The zero-order chi connectivity index (χ0) is 9.10. The lowest BCUT2D eigenvalue weighted by Gasteiger charge is -2.02. The molecule has 2 heterocycles. The monoisotopic (exact) mass is 177 g/mol. The van der Waals surface area contributed by atoms with Gasteiger partial charge in [-0.1, -0.05) is 0 Å². The molecule has 0 aliphatic heterocycles. The molecular weight excluding hydrogens is 166 g/mol. The molecule has 5 nitrogen and oxygen atoms in total. The van der Waals surface area contributed by atoms with E-state index < -0.39 is 0 Å². The molecule has 0 aromatic carbocycles. The molecule has 2 rings (SSSR count). The van der Waals surface area contributed by atoms with E-state index in [1.165, 1.54) is 0 Å². The maximum Gasteiger partial charge on any atom is 0.146 e. The first-order chi connectivity index (χ1) is 6.40. The van der Waals surface area contributed by atoms with Crippen molar-refractivity contribution in [3.63, 3.8) is 0 Å². The van der Waals surface area contributed by atoms with Crippen LogP contribution in [0.1, 0.15) is 12.7 Å². The normalized spacial score (nSPS) is 10.5. The van der Waals surface area contributed by atoms with E-state index >= 15 is 0 Å². The predicted molar refractivity (Wildman–Crippen MR) is 47.0 cm³/mol. The van der Waals surface area contributed by atoms with E-state index in [-0.39, 0.29) is 0 Å². The minimum atomic E-state index is 0.730. The second-order valence-corrected chi connectivity index (χ2v) is 2.73. The van der Waals surface area contributed by atoms with Crippen LogP contribution in [0.3, 0.4) is 0 Å². The van der Waals surface area contributed by atoms with Crippen LogP contribution in [0, 0.1) is 0 Å². The Morgan fingerprint density at radius 2 is 2.38 bits per heavy atom. The fraction of sp³-hybridized carbons (Fsp3) is 0.375. The van der Waals surface area contributed by atoms with Crippen molar-refractivity contribution in [3.05, 3.63) is 30.9 Å². The summed E-state index contributed by atoms with van der Waals surface area (Å²) in [5.41, 5.74) is 0. The maximum absolute atomic E-state index is 4.17. The topological polar surface area (TPSA) is 48.5 Å². The third-order valence-corrected chi connectivity index (χ3v) is 1.88. The summed E-state index contributed by atoms with van der Waals surface area (Å²) in [7, 11) is 0. The number of aryl methyl sites for hydroxylation is 1. The highest BCUT2D eigenvalue weighted by atomic mass is 15.3. The molecule has 0 radical (unpaired) electrons. The van der Waals surface area contributed by atoms with Crippen molar-refractivity contribution in [2.45, 2.75) is 20.0 Å².